The Hall–Kier alpha value is -2.30. The number of anilines is 1. The van der Waals surface area contributed by atoms with Crippen molar-refractivity contribution in [3.05, 3.63) is 41.7 Å². The first kappa shape index (κ1) is 12.2. The highest BCUT2D eigenvalue weighted by molar-refractivity contribution is 6.06. The predicted octanol–water partition coefficient (Wildman–Crippen LogP) is 1.99. The van der Waals surface area contributed by atoms with Gasteiger partial charge in [0.15, 0.2) is 0 Å². The lowest BCUT2D eigenvalue weighted by Gasteiger charge is -2.08. The zero-order valence-electron chi connectivity index (χ0n) is 10.6. The molecule has 0 radical (unpaired) electrons. The molecule has 0 spiro atoms. The predicted molar refractivity (Wildman–Crippen MR) is 68.9 cm³/mol. The number of para-hydroxylation sites is 1. The lowest BCUT2D eigenvalue weighted by atomic mass is 10.2. The number of aromatic nitrogens is 2. The Morgan fingerprint density at radius 1 is 1.39 bits per heavy atom. The van der Waals surface area contributed by atoms with E-state index in [9.17, 15) is 4.79 Å². The van der Waals surface area contributed by atoms with Crippen LogP contribution in [-0.4, -0.2) is 22.8 Å². The standard InChI is InChI=1S/C13H15N3O2/c1-9-11(8-16(2)15-9)14-13(17)10-6-4-5-7-12(10)18-3/h4-8H,1-3H3,(H,14,17). The molecule has 1 aromatic carbocycles. The van der Waals surface area contributed by atoms with Gasteiger partial charge in [-0.3, -0.25) is 9.48 Å². The molecule has 2 rings (SSSR count). The smallest absolute Gasteiger partial charge is 0.259 e. The Labute approximate surface area is 105 Å². The normalized spacial score (nSPS) is 10.2. The lowest BCUT2D eigenvalue weighted by molar-refractivity contribution is 0.102. The minimum Gasteiger partial charge on any atom is -0.496 e. The molecular weight excluding hydrogens is 230 g/mol. The van der Waals surface area contributed by atoms with Gasteiger partial charge >= 0.3 is 0 Å². The number of nitrogens with one attached hydrogen (secondary N) is 1. The number of rotatable bonds is 3. The van der Waals surface area contributed by atoms with Gasteiger partial charge < -0.3 is 10.1 Å². The summed E-state index contributed by atoms with van der Waals surface area (Å²) in [5.41, 5.74) is 1.98. The highest BCUT2D eigenvalue weighted by atomic mass is 16.5. The van der Waals surface area contributed by atoms with Crippen molar-refractivity contribution in [2.45, 2.75) is 6.92 Å². The fraction of sp³-hybridized carbons (Fsp3) is 0.231. The molecule has 0 unspecified atom stereocenters. The maximum atomic E-state index is 12.1. The third kappa shape index (κ3) is 2.34. The Kier molecular flexibility index (Phi) is 3.32. The summed E-state index contributed by atoms with van der Waals surface area (Å²) in [6, 6.07) is 7.10. The molecule has 18 heavy (non-hydrogen) atoms. The summed E-state index contributed by atoms with van der Waals surface area (Å²) in [5, 5.41) is 6.99. The van der Waals surface area contributed by atoms with Gasteiger partial charge in [0.25, 0.3) is 5.91 Å². The van der Waals surface area contributed by atoms with Crippen molar-refractivity contribution in [3.63, 3.8) is 0 Å². The number of carbonyl (C=O) groups is 1. The Morgan fingerprint density at radius 3 is 2.72 bits per heavy atom. The maximum absolute atomic E-state index is 12.1. The first-order chi connectivity index (χ1) is 8.61. The van der Waals surface area contributed by atoms with Crippen LogP contribution in [0.25, 0.3) is 0 Å². The molecule has 1 amide bonds. The Morgan fingerprint density at radius 2 is 2.11 bits per heavy atom. The topological polar surface area (TPSA) is 56.1 Å². The van der Waals surface area contributed by atoms with Crippen LogP contribution in [0.5, 0.6) is 5.75 Å². The van der Waals surface area contributed by atoms with Gasteiger partial charge in [-0.1, -0.05) is 12.1 Å². The van der Waals surface area contributed by atoms with Crippen molar-refractivity contribution in [1.82, 2.24) is 9.78 Å². The second kappa shape index (κ2) is 4.91. The minimum atomic E-state index is -0.205. The van der Waals surface area contributed by atoms with E-state index in [1.807, 2.05) is 20.0 Å². The number of hydrogen-bond acceptors (Lipinski definition) is 3. The van der Waals surface area contributed by atoms with Crippen LogP contribution in [0.15, 0.2) is 30.5 Å². The Balaban J connectivity index is 2.24. The van der Waals surface area contributed by atoms with Gasteiger partial charge in [0.1, 0.15) is 5.75 Å². The van der Waals surface area contributed by atoms with Crippen molar-refractivity contribution >= 4 is 11.6 Å². The molecule has 0 atom stereocenters. The fourth-order valence-corrected chi connectivity index (χ4v) is 1.74. The van der Waals surface area contributed by atoms with E-state index in [0.717, 1.165) is 5.69 Å². The largest absolute Gasteiger partial charge is 0.496 e. The summed E-state index contributed by atoms with van der Waals surface area (Å²) in [6.45, 7) is 1.85. The molecule has 0 saturated heterocycles. The molecule has 5 nitrogen and oxygen atoms in total. The zero-order chi connectivity index (χ0) is 13.1. The van der Waals surface area contributed by atoms with Crippen LogP contribution in [0.3, 0.4) is 0 Å². The third-order valence-corrected chi connectivity index (χ3v) is 2.61. The van der Waals surface area contributed by atoms with Crippen molar-refractivity contribution < 1.29 is 9.53 Å². The molecule has 94 valence electrons. The second-order valence-corrected chi connectivity index (χ2v) is 3.96. The van der Waals surface area contributed by atoms with E-state index >= 15 is 0 Å². The number of nitrogens with zero attached hydrogens (tertiary/aromatic N) is 2. The monoisotopic (exact) mass is 245 g/mol. The van der Waals surface area contributed by atoms with E-state index in [2.05, 4.69) is 10.4 Å². The summed E-state index contributed by atoms with van der Waals surface area (Å²) < 4.78 is 6.82. The van der Waals surface area contributed by atoms with E-state index < -0.39 is 0 Å². The summed E-state index contributed by atoms with van der Waals surface area (Å²) in [6.07, 6.45) is 1.77. The molecule has 0 aliphatic carbocycles. The van der Waals surface area contributed by atoms with Crippen molar-refractivity contribution in [1.29, 1.82) is 0 Å². The first-order valence-corrected chi connectivity index (χ1v) is 5.56. The third-order valence-electron chi connectivity index (χ3n) is 2.61. The van der Waals surface area contributed by atoms with Crippen molar-refractivity contribution in [2.24, 2.45) is 7.05 Å². The average Bonchev–Trinajstić information content (AvgIpc) is 2.67. The quantitative estimate of drug-likeness (QED) is 0.899. The van der Waals surface area contributed by atoms with Crippen LogP contribution in [0, 0.1) is 6.92 Å². The SMILES string of the molecule is COc1ccccc1C(=O)Nc1cn(C)nc1C. The summed E-state index contributed by atoms with van der Waals surface area (Å²) in [7, 11) is 3.35. The van der Waals surface area contributed by atoms with Crippen molar-refractivity contribution in [2.75, 3.05) is 12.4 Å². The number of ether oxygens (including phenoxy) is 1. The number of aryl methyl sites for hydroxylation is 2. The van der Waals surface area contributed by atoms with E-state index in [1.54, 1.807) is 36.2 Å². The first-order valence-electron chi connectivity index (χ1n) is 5.56. The molecule has 0 saturated carbocycles. The van der Waals surface area contributed by atoms with Crippen LogP contribution < -0.4 is 10.1 Å². The highest BCUT2D eigenvalue weighted by Gasteiger charge is 2.13. The van der Waals surface area contributed by atoms with Gasteiger partial charge in [-0.2, -0.15) is 5.10 Å². The number of amides is 1. The molecule has 0 bridgehead atoms. The molecule has 5 heteroatoms. The average molecular weight is 245 g/mol. The summed E-state index contributed by atoms with van der Waals surface area (Å²) >= 11 is 0. The van der Waals surface area contributed by atoms with Crippen LogP contribution in [0.4, 0.5) is 5.69 Å². The molecule has 1 heterocycles. The summed E-state index contributed by atoms with van der Waals surface area (Å²) in [4.78, 5) is 12.1. The second-order valence-electron chi connectivity index (χ2n) is 3.96. The number of benzene rings is 1. The van der Waals surface area contributed by atoms with Gasteiger partial charge in [0.2, 0.25) is 0 Å². The maximum Gasteiger partial charge on any atom is 0.259 e. The van der Waals surface area contributed by atoms with Crippen LogP contribution >= 0.6 is 0 Å². The number of methoxy groups -OCH3 is 1. The van der Waals surface area contributed by atoms with Crippen molar-refractivity contribution in [3.8, 4) is 5.75 Å². The number of carbonyl (C=O) groups excluding carboxylic acids is 1. The van der Waals surface area contributed by atoms with Crippen LogP contribution in [0.2, 0.25) is 0 Å². The van der Waals surface area contributed by atoms with Crippen LogP contribution in [-0.2, 0) is 7.05 Å². The fourth-order valence-electron chi connectivity index (χ4n) is 1.74. The molecule has 0 fully saturated rings. The summed E-state index contributed by atoms with van der Waals surface area (Å²) in [5.74, 6) is 0.347. The molecule has 2 aromatic rings. The lowest BCUT2D eigenvalue weighted by Crippen LogP contribution is -2.13. The molecule has 1 N–H and O–H groups in total. The van der Waals surface area contributed by atoms with Gasteiger partial charge in [-0.15, -0.1) is 0 Å². The molecule has 0 aliphatic heterocycles. The van der Waals surface area contributed by atoms with Gasteiger partial charge in [-0.25, -0.2) is 0 Å². The molecular formula is C13H15N3O2. The van der Waals surface area contributed by atoms with Gasteiger partial charge in [0.05, 0.1) is 24.1 Å². The minimum absolute atomic E-state index is 0.205. The van der Waals surface area contributed by atoms with Gasteiger partial charge in [-0.05, 0) is 19.1 Å². The van der Waals surface area contributed by atoms with E-state index in [4.69, 9.17) is 4.74 Å². The van der Waals surface area contributed by atoms with E-state index in [0.29, 0.717) is 17.0 Å². The van der Waals surface area contributed by atoms with E-state index in [1.165, 1.54) is 0 Å². The Bertz CT molecular complexity index is 575. The molecule has 1 aromatic heterocycles. The van der Waals surface area contributed by atoms with E-state index in [-0.39, 0.29) is 5.91 Å². The molecule has 0 aliphatic rings. The highest BCUT2D eigenvalue weighted by Crippen LogP contribution is 2.20. The number of hydrogen-bond donors (Lipinski definition) is 1. The van der Waals surface area contributed by atoms with Gasteiger partial charge in [0, 0.05) is 13.2 Å². The zero-order valence-corrected chi connectivity index (χ0v) is 10.6. The van der Waals surface area contributed by atoms with Crippen LogP contribution in [0.1, 0.15) is 16.1 Å².